The van der Waals surface area contributed by atoms with Crippen molar-refractivity contribution in [1.29, 1.82) is 0 Å². The molecule has 0 saturated heterocycles. The molecule has 3 heterocycles. The molecule has 3 aromatic heterocycles. The lowest BCUT2D eigenvalue weighted by Gasteiger charge is -2.21. The van der Waals surface area contributed by atoms with Crippen LogP contribution in [0.4, 0.5) is 15.4 Å². The van der Waals surface area contributed by atoms with Gasteiger partial charge in [0.15, 0.2) is 5.65 Å². The molecule has 0 aliphatic carbocycles. The van der Waals surface area contributed by atoms with Crippen LogP contribution in [0.25, 0.3) is 33.3 Å². The standard InChI is InChI=1S/C27H35N7O5/c1-26(2,3)38-24(36)29-12-7-8-13-33-23-19(22(28)30-15-31-23)20(32-33)17-14-16-10-9-11-18(35)21(16)34(17)25(37)39-27(4,5)6/h9-11,14-15,35H,7-8,12-13H2,1-6H3,(H,29,36)(H2,28,30,31). The number of anilines is 1. The number of nitrogens with zero attached hydrogens (tertiary/aromatic N) is 5. The highest BCUT2D eigenvalue weighted by Gasteiger charge is 2.28. The largest absolute Gasteiger partial charge is 0.506 e. The van der Waals surface area contributed by atoms with Gasteiger partial charge < -0.3 is 25.6 Å². The predicted octanol–water partition coefficient (Wildman–Crippen LogP) is 4.82. The summed E-state index contributed by atoms with van der Waals surface area (Å²) in [4.78, 5) is 33.8. The topological polar surface area (TPSA) is 159 Å². The molecule has 0 bridgehead atoms. The third kappa shape index (κ3) is 6.21. The third-order valence-corrected chi connectivity index (χ3v) is 5.64. The lowest BCUT2D eigenvalue weighted by atomic mass is 10.2. The number of carbonyl (C=O) groups excluding carboxylic acids is 2. The summed E-state index contributed by atoms with van der Waals surface area (Å²) in [6.07, 6.45) is 1.57. The summed E-state index contributed by atoms with van der Waals surface area (Å²) in [6, 6.07) is 6.74. The molecule has 12 heteroatoms. The molecule has 208 valence electrons. The summed E-state index contributed by atoms with van der Waals surface area (Å²) in [6.45, 7) is 11.6. The average molecular weight is 538 g/mol. The molecule has 0 radical (unpaired) electrons. The number of carbonyl (C=O) groups is 2. The van der Waals surface area contributed by atoms with E-state index < -0.39 is 23.4 Å². The maximum Gasteiger partial charge on any atom is 0.419 e. The third-order valence-electron chi connectivity index (χ3n) is 5.64. The van der Waals surface area contributed by atoms with Crippen molar-refractivity contribution in [1.82, 2.24) is 29.6 Å². The van der Waals surface area contributed by atoms with E-state index in [9.17, 15) is 14.7 Å². The van der Waals surface area contributed by atoms with Gasteiger partial charge in [0.25, 0.3) is 0 Å². The summed E-state index contributed by atoms with van der Waals surface area (Å²) < 4.78 is 13.9. The number of phenols is 1. The van der Waals surface area contributed by atoms with Crippen molar-refractivity contribution in [2.45, 2.75) is 72.1 Å². The Kier molecular flexibility index (Phi) is 7.40. The van der Waals surface area contributed by atoms with Crippen molar-refractivity contribution in [3.8, 4) is 17.1 Å². The number of hydrogen-bond acceptors (Lipinski definition) is 9. The second-order valence-corrected chi connectivity index (χ2v) is 11.2. The molecule has 0 saturated carbocycles. The summed E-state index contributed by atoms with van der Waals surface area (Å²) in [5, 5.41) is 19.3. The van der Waals surface area contributed by atoms with Gasteiger partial charge in [-0.2, -0.15) is 5.10 Å². The number of hydrogen-bond donors (Lipinski definition) is 3. The summed E-state index contributed by atoms with van der Waals surface area (Å²) in [5.41, 5.74) is 6.52. The number of aromatic nitrogens is 5. The van der Waals surface area contributed by atoms with Crippen molar-refractivity contribution in [2.75, 3.05) is 12.3 Å². The summed E-state index contributed by atoms with van der Waals surface area (Å²) >= 11 is 0. The number of para-hydroxylation sites is 1. The van der Waals surface area contributed by atoms with Crippen LogP contribution in [-0.2, 0) is 16.0 Å². The fourth-order valence-electron chi connectivity index (χ4n) is 4.17. The number of nitrogens with two attached hydrogens (primary N) is 1. The number of unbranched alkanes of at least 4 members (excludes halogenated alkanes) is 1. The molecular formula is C27H35N7O5. The van der Waals surface area contributed by atoms with Crippen LogP contribution in [0.2, 0.25) is 0 Å². The van der Waals surface area contributed by atoms with Crippen LogP contribution in [0.5, 0.6) is 5.75 Å². The van der Waals surface area contributed by atoms with Crippen LogP contribution < -0.4 is 11.1 Å². The Labute approximate surface area is 226 Å². The second kappa shape index (κ2) is 10.4. The molecule has 0 aliphatic rings. The Morgan fingerprint density at radius 2 is 1.77 bits per heavy atom. The molecule has 39 heavy (non-hydrogen) atoms. The Balaban J connectivity index is 1.68. The minimum absolute atomic E-state index is 0.0740. The van der Waals surface area contributed by atoms with Crippen LogP contribution in [-0.4, -0.2) is 59.4 Å². The normalized spacial score (nSPS) is 12.2. The first kappa shape index (κ1) is 27.7. The van der Waals surface area contributed by atoms with E-state index in [1.54, 1.807) is 43.7 Å². The number of amides is 1. The number of nitrogen functional groups attached to an aromatic ring is 1. The minimum Gasteiger partial charge on any atom is -0.506 e. The maximum atomic E-state index is 13.4. The van der Waals surface area contributed by atoms with Crippen LogP contribution in [0, 0.1) is 0 Å². The zero-order chi connectivity index (χ0) is 28.5. The number of alkyl carbamates (subject to hydrolysis) is 1. The molecule has 0 spiro atoms. The molecule has 0 unspecified atom stereocenters. The van der Waals surface area contributed by atoms with E-state index in [1.807, 2.05) is 20.8 Å². The molecule has 0 fully saturated rings. The monoisotopic (exact) mass is 537 g/mol. The van der Waals surface area contributed by atoms with Gasteiger partial charge in [-0.3, -0.25) is 0 Å². The van der Waals surface area contributed by atoms with Crippen LogP contribution in [0.3, 0.4) is 0 Å². The fourth-order valence-corrected chi connectivity index (χ4v) is 4.17. The van der Waals surface area contributed by atoms with E-state index in [-0.39, 0.29) is 11.6 Å². The van der Waals surface area contributed by atoms with Gasteiger partial charge in [0.1, 0.15) is 40.3 Å². The van der Waals surface area contributed by atoms with E-state index in [0.717, 1.165) is 0 Å². The highest BCUT2D eigenvalue weighted by atomic mass is 16.6. The van der Waals surface area contributed by atoms with Gasteiger partial charge in [0, 0.05) is 18.5 Å². The van der Waals surface area contributed by atoms with Crippen LogP contribution >= 0.6 is 0 Å². The number of aryl methyl sites for hydroxylation is 1. The first-order valence-corrected chi connectivity index (χ1v) is 12.8. The Morgan fingerprint density at radius 1 is 1.05 bits per heavy atom. The SMILES string of the molecule is CC(C)(C)OC(=O)NCCCCn1nc(-c2cc3cccc(O)c3n2C(=O)OC(C)(C)C)c2c(N)ncnc21. The second-order valence-electron chi connectivity index (χ2n) is 11.2. The highest BCUT2D eigenvalue weighted by molar-refractivity contribution is 6.04. The number of phenolic OH excluding ortho intramolecular Hbond substituents is 1. The molecule has 0 atom stereocenters. The minimum atomic E-state index is -0.772. The molecule has 4 aromatic rings. The van der Waals surface area contributed by atoms with Gasteiger partial charge in [-0.25, -0.2) is 28.8 Å². The predicted molar refractivity (Wildman–Crippen MR) is 147 cm³/mol. The van der Waals surface area contributed by atoms with Gasteiger partial charge in [-0.1, -0.05) is 12.1 Å². The smallest absolute Gasteiger partial charge is 0.419 e. The first-order chi connectivity index (χ1) is 18.2. The fraction of sp³-hybridized carbons (Fsp3) is 0.444. The number of aromatic hydroxyl groups is 1. The number of ether oxygens (including phenoxy) is 2. The molecule has 4 rings (SSSR count). The lowest BCUT2D eigenvalue weighted by molar-refractivity contribution is 0.0521. The number of fused-ring (bicyclic) bond motifs is 2. The molecule has 0 aliphatic heterocycles. The zero-order valence-corrected chi connectivity index (χ0v) is 23.1. The van der Waals surface area contributed by atoms with E-state index in [1.165, 1.54) is 17.0 Å². The number of nitrogens with one attached hydrogen (secondary N) is 1. The van der Waals surface area contributed by atoms with Gasteiger partial charge in [0.2, 0.25) is 0 Å². The Hall–Kier alpha value is -4.35. The van der Waals surface area contributed by atoms with E-state index >= 15 is 0 Å². The quantitative estimate of drug-likeness (QED) is 0.293. The van der Waals surface area contributed by atoms with Crippen molar-refractivity contribution in [2.24, 2.45) is 0 Å². The van der Waals surface area contributed by atoms with Gasteiger partial charge in [-0.05, 0) is 66.5 Å². The van der Waals surface area contributed by atoms with Gasteiger partial charge in [-0.15, -0.1) is 0 Å². The van der Waals surface area contributed by atoms with E-state index in [2.05, 4.69) is 15.3 Å². The molecular weight excluding hydrogens is 502 g/mol. The lowest BCUT2D eigenvalue weighted by Crippen LogP contribution is -2.33. The summed E-state index contributed by atoms with van der Waals surface area (Å²) in [5.74, 6) is 0.133. The van der Waals surface area contributed by atoms with Crippen molar-refractivity contribution < 1.29 is 24.2 Å². The maximum absolute atomic E-state index is 13.4. The van der Waals surface area contributed by atoms with Crippen molar-refractivity contribution in [3.05, 3.63) is 30.6 Å². The van der Waals surface area contributed by atoms with E-state index in [0.29, 0.717) is 59.3 Å². The molecule has 4 N–H and O–H groups in total. The Bertz CT molecular complexity index is 1530. The summed E-state index contributed by atoms with van der Waals surface area (Å²) in [7, 11) is 0. The zero-order valence-electron chi connectivity index (χ0n) is 23.1. The molecule has 1 aromatic carbocycles. The number of benzene rings is 1. The average Bonchev–Trinajstić information content (AvgIpc) is 3.37. The first-order valence-electron chi connectivity index (χ1n) is 12.8. The van der Waals surface area contributed by atoms with Crippen LogP contribution in [0.1, 0.15) is 54.4 Å². The molecule has 12 nitrogen and oxygen atoms in total. The number of rotatable bonds is 6. The van der Waals surface area contributed by atoms with Gasteiger partial charge >= 0.3 is 12.2 Å². The van der Waals surface area contributed by atoms with E-state index in [4.69, 9.17) is 20.3 Å². The molecule has 1 amide bonds. The Morgan fingerprint density at radius 3 is 2.46 bits per heavy atom. The highest BCUT2D eigenvalue weighted by Crippen LogP contribution is 2.37. The van der Waals surface area contributed by atoms with Gasteiger partial charge in [0.05, 0.1) is 11.1 Å². The van der Waals surface area contributed by atoms with Crippen molar-refractivity contribution >= 4 is 39.9 Å². The van der Waals surface area contributed by atoms with Crippen LogP contribution in [0.15, 0.2) is 30.6 Å². The van der Waals surface area contributed by atoms with Crippen molar-refractivity contribution in [3.63, 3.8) is 0 Å².